The average Bonchev–Trinajstić information content (AvgIpc) is 3.31. The normalized spacial score (nSPS) is 15.6. The number of carboxylic acid groups (broad SMARTS) is 1. The number of aryl methyl sites for hydroxylation is 2. The highest BCUT2D eigenvalue weighted by Crippen LogP contribution is 2.26. The number of rotatable bonds is 9. The molecule has 1 aliphatic heterocycles. The molecule has 4 rings (SSSR count). The van der Waals surface area contributed by atoms with Crippen LogP contribution in [0.4, 0.5) is 10.2 Å². The first kappa shape index (κ1) is 23.3. The number of hydrogen-bond donors (Lipinski definition) is 4. The van der Waals surface area contributed by atoms with Gasteiger partial charge in [0.25, 0.3) is 5.91 Å². The van der Waals surface area contributed by atoms with Crippen molar-refractivity contribution in [2.24, 2.45) is 0 Å². The minimum atomic E-state index is -1.11. The lowest BCUT2D eigenvalue weighted by atomic mass is 9.96. The van der Waals surface area contributed by atoms with Gasteiger partial charge < -0.3 is 25.5 Å². The van der Waals surface area contributed by atoms with Crippen molar-refractivity contribution in [1.29, 1.82) is 0 Å². The number of ether oxygens (including phenoxy) is 1. The average molecular weight is 467 g/mol. The summed E-state index contributed by atoms with van der Waals surface area (Å²) >= 11 is 0. The van der Waals surface area contributed by atoms with Crippen LogP contribution in [0.3, 0.4) is 0 Å². The molecule has 178 valence electrons. The van der Waals surface area contributed by atoms with Crippen LogP contribution in [-0.2, 0) is 17.6 Å². The van der Waals surface area contributed by atoms with E-state index in [4.69, 9.17) is 4.74 Å². The van der Waals surface area contributed by atoms with Crippen molar-refractivity contribution >= 4 is 17.7 Å². The molecular formula is C25H27FN4O4. The SMILES string of the molecule is COc1ccc(C(CC(=O)O)NC(=O)c2cc(CCC3CCc4cccnc4N3)c[nH]2)cc1F. The molecule has 1 amide bonds. The summed E-state index contributed by atoms with van der Waals surface area (Å²) in [5, 5.41) is 15.4. The van der Waals surface area contributed by atoms with E-state index in [1.54, 1.807) is 24.5 Å². The lowest BCUT2D eigenvalue weighted by Gasteiger charge is -2.25. The van der Waals surface area contributed by atoms with Crippen LogP contribution in [0.1, 0.15) is 52.5 Å². The topological polar surface area (TPSA) is 116 Å². The summed E-state index contributed by atoms with van der Waals surface area (Å²) in [6.07, 6.45) is 6.85. The predicted molar refractivity (Wildman–Crippen MR) is 124 cm³/mol. The van der Waals surface area contributed by atoms with Gasteiger partial charge in [-0.3, -0.25) is 9.59 Å². The summed E-state index contributed by atoms with van der Waals surface area (Å²) in [6, 6.07) is 9.33. The number of hydrogen-bond acceptors (Lipinski definition) is 5. The highest BCUT2D eigenvalue weighted by Gasteiger charge is 2.22. The second-order valence-corrected chi connectivity index (χ2v) is 8.37. The Morgan fingerprint density at radius 2 is 2.18 bits per heavy atom. The lowest BCUT2D eigenvalue weighted by molar-refractivity contribution is -0.137. The van der Waals surface area contributed by atoms with E-state index in [1.807, 2.05) is 6.07 Å². The minimum absolute atomic E-state index is 0.0462. The smallest absolute Gasteiger partial charge is 0.305 e. The van der Waals surface area contributed by atoms with E-state index in [9.17, 15) is 19.1 Å². The molecule has 4 N–H and O–H groups in total. The summed E-state index contributed by atoms with van der Waals surface area (Å²) in [4.78, 5) is 31.5. The Hall–Kier alpha value is -3.88. The molecular weight excluding hydrogens is 439 g/mol. The first-order valence-electron chi connectivity index (χ1n) is 11.2. The molecule has 34 heavy (non-hydrogen) atoms. The number of carboxylic acids is 1. The number of carbonyl (C=O) groups is 2. The maximum Gasteiger partial charge on any atom is 0.305 e. The van der Waals surface area contributed by atoms with Crippen LogP contribution in [0.15, 0.2) is 48.8 Å². The maximum atomic E-state index is 14.1. The molecule has 0 bridgehead atoms. The fourth-order valence-electron chi connectivity index (χ4n) is 4.20. The summed E-state index contributed by atoms with van der Waals surface area (Å²) < 4.78 is 19.0. The van der Waals surface area contributed by atoms with Crippen LogP contribution < -0.4 is 15.4 Å². The van der Waals surface area contributed by atoms with Crippen molar-refractivity contribution < 1.29 is 23.8 Å². The van der Waals surface area contributed by atoms with E-state index < -0.39 is 23.7 Å². The molecule has 3 heterocycles. The van der Waals surface area contributed by atoms with Crippen molar-refractivity contribution in [3.05, 3.63) is 77.0 Å². The summed E-state index contributed by atoms with van der Waals surface area (Å²) in [7, 11) is 1.34. The molecule has 0 aliphatic carbocycles. The number of carbonyl (C=O) groups excluding carboxylic acids is 1. The van der Waals surface area contributed by atoms with Crippen molar-refractivity contribution in [2.45, 2.75) is 44.2 Å². The number of nitrogens with one attached hydrogen (secondary N) is 3. The fourth-order valence-corrected chi connectivity index (χ4v) is 4.20. The van der Waals surface area contributed by atoms with Gasteiger partial charge >= 0.3 is 5.97 Å². The number of halogens is 1. The molecule has 1 aromatic carbocycles. The summed E-state index contributed by atoms with van der Waals surface area (Å²) in [5.74, 6) is -1.20. The highest BCUT2D eigenvalue weighted by atomic mass is 19.1. The lowest BCUT2D eigenvalue weighted by Crippen LogP contribution is -2.30. The number of aliphatic carboxylic acids is 1. The molecule has 0 fully saturated rings. The minimum Gasteiger partial charge on any atom is -0.494 e. The van der Waals surface area contributed by atoms with E-state index in [2.05, 4.69) is 26.7 Å². The Kier molecular flexibility index (Phi) is 7.10. The Morgan fingerprint density at radius 3 is 2.94 bits per heavy atom. The number of methoxy groups -OCH3 is 1. The third-order valence-electron chi connectivity index (χ3n) is 6.03. The number of nitrogens with zero attached hydrogens (tertiary/aromatic N) is 1. The van der Waals surface area contributed by atoms with Crippen LogP contribution in [-0.4, -0.2) is 40.1 Å². The van der Waals surface area contributed by atoms with Crippen molar-refractivity contribution in [2.75, 3.05) is 12.4 Å². The van der Waals surface area contributed by atoms with Gasteiger partial charge in [-0.25, -0.2) is 9.37 Å². The first-order valence-corrected chi connectivity index (χ1v) is 11.2. The molecule has 0 spiro atoms. The van der Waals surface area contributed by atoms with Gasteiger partial charge in [-0.05, 0) is 66.6 Å². The molecule has 1 aliphatic rings. The quantitative estimate of drug-likeness (QED) is 0.381. The van der Waals surface area contributed by atoms with Gasteiger partial charge in [0.2, 0.25) is 0 Å². The van der Waals surface area contributed by atoms with E-state index >= 15 is 0 Å². The molecule has 0 radical (unpaired) electrons. The molecule has 0 saturated heterocycles. The number of fused-ring (bicyclic) bond motifs is 1. The van der Waals surface area contributed by atoms with Crippen molar-refractivity contribution in [1.82, 2.24) is 15.3 Å². The van der Waals surface area contributed by atoms with Crippen LogP contribution in [0.25, 0.3) is 0 Å². The van der Waals surface area contributed by atoms with Crippen LogP contribution in [0.5, 0.6) is 5.75 Å². The van der Waals surface area contributed by atoms with Crippen molar-refractivity contribution in [3.63, 3.8) is 0 Å². The van der Waals surface area contributed by atoms with E-state index in [-0.39, 0.29) is 12.2 Å². The Balaban J connectivity index is 1.37. The van der Waals surface area contributed by atoms with Gasteiger partial charge in [0.15, 0.2) is 11.6 Å². The largest absolute Gasteiger partial charge is 0.494 e. The first-order chi connectivity index (χ1) is 16.4. The number of aromatic nitrogens is 2. The molecule has 2 atom stereocenters. The van der Waals surface area contributed by atoms with Crippen LogP contribution in [0, 0.1) is 5.82 Å². The third-order valence-corrected chi connectivity index (χ3v) is 6.03. The van der Waals surface area contributed by atoms with Crippen LogP contribution in [0.2, 0.25) is 0 Å². The number of H-pyrrole nitrogens is 1. The Bertz CT molecular complexity index is 1180. The Labute approximate surface area is 196 Å². The van der Waals surface area contributed by atoms with Crippen molar-refractivity contribution in [3.8, 4) is 5.75 Å². The molecule has 9 heteroatoms. The number of aromatic amines is 1. The Morgan fingerprint density at radius 1 is 1.32 bits per heavy atom. The number of amides is 1. The van der Waals surface area contributed by atoms with E-state index in [0.717, 1.165) is 37.1 Å². The zero-order valence-electron chi connectivity index (χ0n) is 18.8. The predicted octanol–water partition coefficient (Wildman–Crippen LogP) is 3.86. The summed E-state index contributed by atoms with van der Waals surface area (Å²) in [6.45, 7) is 0. The molecule has 0 saturated carbocycles. The molecule has 2 aromatic heterocycles. The zero-order chi connectivity index (χ0) is 24.1. The molecule has 3 aromatic rings. The van der Waals surface area contributed by atoms with Gasteiger partial charge in [0.05, 0.1) is 19.6 Å². The zero-order valence-corrected chi connectivity index (χ0v) is 18.8. The number of pyridine rings is 1. The fraction of sp³-hybridized carbons (Fsp3) is 0.320. The van der Waals surface area contributed by atoms with Crippen LogP contribution >= 0.6 is 0 Å². The van der Waals surface area contributed by atoms with Gasteiger partial charge in [0, 0.05) is 18.4 Å². The van der Waals surface area contributed by atoms with E-state index in [1.165, 1.54) is 24.8 Å². The molecule has 8 nitrogen and oxygen atoms in total. The monoisotopic (exact) mass is 466 g/mol. The number of benzene rings is 1. The second-order valence-electron chi connectivity index (χ2n) is 8.37. The van der Waals surface area contributed by atoms with Gasteiger partial charge in [-0.2, -0.15) is 0 Å². The summed E-state index contributed by atoms with van der Waals surface area (Å²) in [5.41, 5.74) is 2.87. The number of anilines is 1. The maximum absolute atomic E-state index is 14.1. The second kappa shape index (κ2) is 10.4. The third kappa shape index (κ3) is 5.54. The standard InChI is InChI=1S/C25H27FN4O4/c1-34-22-9-6-17(12-19(22)26)20(13-23(31)32)30-25(33)21-11-15(14-28-21)4-7-18-8-5-16-3-2-10-27-24(16)29-18/h2-3,6,9-12,14,18,20,28H,4-5,7-8,13H2,1H3,(H,27,29)(H,30,33)(H,31,32). The van der Waals surface area contributed by atoms with Gasteiger partial charge in [0.1, 0.15) is 11.5 Å². The van der Waals surface area contributed by atoms with E-state index in [0.29, 0.717) is 17.3 Å². The van der Waals surface area contributed by atoms with Gasteiger partial charge in [-0.1, -0.05) is 12.1 Å². The van der Waals surface area contributed by atoms with Gasteiger partial charge in [-0.15, -0.1) is 0 Å². The highest BCUT2D eigenvalue weighted by molar-refractivity contribution is 5.93. The molecule has 2 unspecified atom stereocenters.